The number of hydrogen-bond donors (Lipinski definition) is 1. The average Bonchev–Trinajstić information content (AvgIpc) is 3.36. The van der Waals surface area contributed by atoms with Crippen LogP contribution in [-0.4, -0.2) is 45.0 Å². The van der Waals surface area contributed by atoms with Crippen LogP contribution in [0.2, 0.25) is 10.0 Å². The number of hydrogen-bond acceptors (Lipinski definition) is 3. The van der Waals surface area contributed by atoms with Gasteiger partial charge in [0.1, 0.15) is 5.82 Å². The molecular weight excluding hydrogens is 515 g/mol. The van der Waals surface area contributed by atoms with Crippen molar-refractivity contribution in [3.8, 4) is 0 Å². The van der Waals surface area contributed by atoms with E-state index < -0.39 is 0 Å². The molecule has 38 heavy (non-hydrogen) atoms. The lowest BCUT2D eigenvalue weighted by Gasteiger charge is -2.41. The Morgan fingerprint density at radius 3 is 2.45 bits per heavy atom. The second-order valence-corrected chi connectivity index (χ2v) is 12.3. The Morgan fingerprint density at radius 2 is 1.74 bits per heavy atom. The number of piperidine rings is 1. The van der Waals surface area contributed by atoms with E-state index >= 15 is 0 Å². The topological polar surface area (TPSA) is 50.2 Å². The van der Waals surface area contributed by atoms with Crippen molar-refractivity contribution < 1.29 is 4.79 Å². The van der Waals surface area contributed by atoms with Gasteiger partial charge in [0.15, 0.2) is 0 Å². The number of aryl methyl sites for hydroxylation is 1. The van der Waals surface area contributed by atoms with Crippen molar-refractivity contribution in [2.75, 3.05) is 6.54 Å². The lowest BCUT2D eigenvalue weighted by molar-refractivity contribution is -0.117. The maximum Gasteiger partial charge on any atom is 0.244 e. The van der Waals surface area contributed by atoms with Gasteiger partial charge in [-0.3, -0.25) is 9.69 Å². The van der Waals surface area contributed by atoms with Crippen molar-refractivity contribution in [1.29, 1.82) is 0 Å². The average molecular weight is 552 g/mol. The molecule has 1 N–H and O–H groups in total. The van der Waals surface area contributed by atoms with Gasteiger partial charge in [-0.15, -0.1) is 0 Å². The lowest BCUT2D eigenvalue weighted by atomic mass is 9.83. The van der Waals surface area contributed by atoms with Gasteiger partial charge >= 0.3 is 0 Å². The van der Waals surface area contributed by atoms with Crippen LogP contribution in [0.4, 0.5) is 0 Å². The van der Waals surface area contributed by atoms with Crippen LogP contribution in [0.25, 0.3) is 17.1 Å². The zero-order chi connectivity index (χ0) is 26.2. The summed E-state index contributed by atoms with van der Waals surface area (Å²) in [6.45, 7) is 1.21. The van der Waals surface area contributed by atoms with Crippen molar-refractivity contribution in [3.05, 3.63) is 70.0 Å². The second-order valence-electron chi connectivity index (χ2n) is 11.5. The predicted molar refractivity (Wildman–Crippen MR) is 156 cm³/mol. The molecule has 2 aromatic carbocycles. The number of para-hydroxylation sites is 2. The molecule has 3 aliphatic rings. The Morgan fingerprint density at radius 1 is 1.00 bits per heavy atom. The summed E-state index contributed by atoms with van der Waals surface area (Å²) in [5.41, 5.74) is 3.23. The molecule has 2 bridgehead atoms. The van der Waals surface area contributed by atoms with Gasteiger partial charge in [0.05, 0.1) is 21.1 Å². The molecule has 1 amide bonds. The molecule has 2 aliphatic heterocycles. The molecule has 2 unspecified atom stereocenters. The molecule has 1 aliphatic carbocycles. The van der Waals surface area contributed by atoms with E-state index in [2.05, 4.69) is 46.1 Å². The Bertz CT molecular complexity index is 1330. The van der Waals surface area contributed by atoms with E-state index in [9.17, 15) is 4.79 Å². The fraction of sp³-hybridized carbons (Fsp3) is 0.484. The molecule has 2 saturated heterocycles. The first-order valence-corrected chi connectivity index (χ1v) is 14.8. The summed E-state index contributed by atoms with van der Waals surface area (Å²) < 4.78 is 2.32. The van der Waals surface area contributed by atoms with Crippen molar-refractivity contribution in [2.45, 2.75) is 75.4 Å². The molecule has 7 heteroatoms. The number of rotatable bonds is 6. The molecule has 6 rings (SSSR count). The number of benzene rings is 2. The highest BCUT2D eigenvalue weighted by atomic mass is 35.5. The zero-order valence-corrected chi connectivity index (χ0v) is 23.5. The van der Waals surface area contributed by atoms with Crippen LogP contribution in [-0.2, 0) is 11.8 Å². The van der Waals surface area contributed by atoms with Gasteiger partial charge in [-0.05, 0) is 93.2 Å². The summed E-state index contributed by atoms with van der Waals surface area (Å²) in [5.74, 6) is 2.52. The third kappa shape index (κ3) is 5.38. The van der Waals surface area contributed by atoms with Gasteiger partial charge < -0.3 is 9.88 Å². The molecule has 1 aromatic heterocycles. The number of aromatic nitrogens is 2. The van der Waals surface area contributed by atoms with Crippen LogP contribution in [0.15, 0.2) is 48.5 Å². The van der Waals surface area contributed by atoms with Gasteiger partial charge in [-0.2, -0.15) is 0 Å². The highest BCUT2D eigenvalue weighted by Gasteiger charge is 2.43. The van der Waals surface area contributed by atoms with Crippen molar-refractivity contribution in [2.24, 2.45) is 13.0 Å². The van der Waals surface area contributed by atoms with Crippen molar-refractivity contribution in [1.82, 2.24) is 19.8 Å². The summed E-state index contributed by atoms with van der Waals surface area (Å²) in [6, 6.07) is 15.5. The number of carbonyl (C=O) groups excluding carboxylic acids is 1. The van der Waals surface area contributed by atoms with Crippen LogP contribution < -0.4 is 5.32 Å². The quantitative estimate of drug-likeness (QED) is 0.337. The summed E-state index contributed by atoms with van der Waals surface area (Å²) in [4.78, 5) is 20.4. The molecule has 3 heterocycles. The van der Waals surface area contributed by atoms with Gasteiger partial charge in [0.25, 0.3) is 0 Å². The predicted octanol–water partition coefficient (Wildman–Crippen LogP) is 6.98. The highest BCUT2D eigenvalue weighted by molar-refractivity contribution is 6.42. The van der Waals surface area contributed by atoms with Crippen LogP contribution in [0.1, 0.15) is 68.7 Å². The molecule has 5 nitrogen and oxygen atoms in total. The summed E-state index contributed by atoms with van der Waals surface area (Å²) >= 11 is 12.0. The van der Waals surface area contributed by atoms with E-state index in [1.165, 1.54) is 56.4 Å². The third-order valence-electron chi connectivity index (χ3n) is 9.10. The van der Waals surface area contributed by atoms with Crippen LogP contribution in [0, 0.1) is 5.92 Å². The first-order valence-electron chi connectivity index (χ1n) is 14.1. The second kappa shape index (κ2) is 11.0. The SMILES string of the molecule is Cn1c(C2CC3CCC(C2)N3CC2CCC(NC(=O)/C=C/c3ccc(Cl)c(Cl)c3)CC2)nc2ccccc21. The maximum atomic E-state index is 12.5. The number of halogens is 2. The fourth-order valence-corrected chi connectivity index (χ4v) is 7.44. The van der Waals surface area contributed by atoms with Crippen molar-refractivity contribution in [3.63, 3.8) is 0 Å². The van der Waals surface area contributed by atoms with Gasteiger partial charge in [0, 0.05) is 43.7 Å². The van der Waals surface area contributed by atoms with E-state index in [0.29, 0.717) is 28.0 Å². The zero-order valence-electron chi connectivity index (χ0n) is 22.0. The summed E-state index contributed by atoms with van der Waals surface area (Å²) in [6.07, 6.45) is 13.0. The van der Waals surface area contributed by atoms with Crippen LogP contribution >= 0.6 is 23.2 Å². The Balaban J connectivity index is 0.992. The molecule has 0 spiro atoms. The number of amides is 1. The third-order valence-corrected chi connectivity index (χ3v) is 9.84. The van der Waals surface area contributed by atoms with E-state index in [1.807, 2.05) is 6.07 Å². The number of imidazole rings is 1. The molecule has 1 saturated carbocycles. The summed E-state index contributed by atoms with van der Waals surface area (Å²) in [7, 11) is 2.18. The Kier molecular flexibility index (Phi) is 7.52. The normalized spacial score (nSPS) is 27.8. The van der Waals surface area contributed by atoms with Gasteiger partial charge in [-0.25, -0.2) is 4.98 Å². The van der Waals surface area contributed by atoms with Crippen LogP contribution in [0.5, 0.6) is 0 Å². The smallest absolute Gasteiger partial charge is 0.244 e. The van der Waals surface area contributed by atoms with Crippen molar-refractivity contribution >= 4 is 46.2 Å². The summed E-state index contributed by atoms with van der Waals surface area (Å²) in [5, 5.41) is 4.22. The molecule has 3 fully saturated rings. The van der Waals surface area contributed by atoms with Crippen LogP contribution in [0.3, 0.4) is 0 Å². The molecule has 3 aromatic rings. The first kappa shape index (κ1) is 25.9. The van der Waals surface area contributed by atoms with E-state index in [1.54, 1.807) is 24.3 Å². The fourth-order valence-electron chi connectivity index (χ4n) is 7.14. The largest absolute Gasteiger partial charge is 0.350 e. The van der Waals surface area contributed by atoms with E-state index in [0.717, 1.165) is 29.8 Å². The monoisotopic (exact) mass is 550 g/mol. The minimum atomic E-state index is -0.0402. The van der Waals surface area contributed by atoms with E-state index in [-0.39, 0.29) is 11.9 Å². The number of carbonyl (C=O) groups is 1. The number of nitrogens with zero attached hydrogens (tertiary/aromatic N) is 3. The molecule has 0 radical (unpaired) electrons. The lowest BCUT2D eigenvalue weighted by Crippen LogP contribution is -2.46. The maximum absolute atomic E-state index is 12.5. The molecular formula is C31H36Cl2N4O. The minimum Gasteiger partial charge on any atom is -0.350 e. The highest BCUT2D eigenvalue weighted by Crippen LogP contribution is 2.44. The Hall–Kier alpha value is -2.34. The first-order chi connectivity index (χ1) is 18.4. The number of nitrogens with one attached hydrogen (secondary N) is 1. The number of fused-ring (bicyclic) bond motifs is 3. The minimum absolute atomic E-state index is 0.0402. The van der Waals surface area contributed by atoms with Gasteiger partial charge in [0.2, 0.25) is 5.91 Å². The standard InChI is InChI=1S/C31H36Cl2N4O/c1-36-29-5-3-2-4-28(29)35-31(36)22-17-24-12-13-25(18-22)37(24)19-21-6-10-23(11-7-21)34-30(38)15-9-20-8-14-26(32)27(33)16-20/h2-5,8-9,14-16,21-25H,6-7,10-13,17-19H2,1H3,(H,34,38)/b15-9+. The van der Waals surface area contributed by atoms with E-state index in [4.69, 9.17) is 28.2 Å². The molecule has 2 atom stereocenters. The Labute approximate surface area is 235 Å². The van der Waals surface area contributed by atoms with Gasteiger partial charge in [-0.1, -0.05) is 41.4 Å². The molecule has 200 valence electrons.